The van der Waals surface area contributed by atoms with E-state index in [9.17, 15) is 9.90 Å². The number of esters is 1. The molecule has 0 aliphatic heterocycles. The molecule has 146 valence electrons. The van der Waals surface area contributed by atoms with Crippen LogP contribution in [-0.2, 0) is 16.0 Å². The molecule has 0 saturated carbocycles. The lowest BCUT2D eigenvalue weighted by Gasteiger charge is -2.07. The maximum Gasteiger partial charge on any atom is 0.302 e. The summed E-state index contributed by atoms with van der Waals surface area (Å²) in [5.74, 6) is -0.349. The zero-order valence-corrected chi connectivity index (χ0v) is 16.6. The van der Waals surface area contributed by atoms with Crippen LogP contribution in [0, 0.1) is 0 Å². The van der Waals surface area contributed by atoms with Crippen molar-refractivity contribution in [1.82, 2.24) is 14.6 Å². The number of hydrogen-bond donors (Lipinski definition) is 1. The van der Waals surface area contributed by atoms with E-state index >= 15 is 0 Å². The van der Waals surface area contributed by atoms with Crippen molar-refractivity contribution < 1.29 is 14.6 Å². The molecule has 2 aromatic carbocycles. The third kappa shape index (κ3) is 4.25. The fraction of sp³-hybridized carbons (Fsp3) is 0.136. The van der Waals surface area contributed by atoms with Gasteiger partial charge in [-0.25, -0.2) is 4.98 Å². The number of ether oxygens (including phenoxy) is 1. The van der Waals surface area contributed by atoms with Gasteiger partial charge in [-0.2, -0.15) is 9.61 Å². The molecule has 0 radical (unpaired) electrons. The van der Waals surface area contributed by atoms with Gasteiger partial charge in [0.05, 0.1) is 12.8 Å². The Bertz CT molecular complexity index is 1140. The molecule has 0 aliphatic rings. The molecule has 4 aromatic rings. The van der Waals surface area contributed by atoms with Gasteiger partial charge in [-0.15, -0.1) is 0 Å². The van der Waals surface area contributed by atoms with Gasteiger partial charge in [0.1, 0.15) is 0 Å². The Morgan fingerprint density at radius 1 is 1.07 bits per heavy atom. The molecule has 0 bridgehead atoms. The highest BCUT2D eigenvalue weighted by Crippen LogP contribution is 2.31. The van der Waals surface area contributed by atoms with Gasteiger partial charge >= 0.3 is 5.97 Å². The Hall–Kier alpha value is -3.32. The fourth-order valence-electron chi connectivity index (χ4n) is 2.97. The van der Waals surface area contributed by atoms with Crippen molar-refractivity contribution >= 4 is 23.4 Å². The van der Waals surface area contributed by atoms with Gasteiger partial charge in [0.15, 0.2) is 5.65 Å². The average Bonchev–Trinajstić information content (AvgIpc) is 3.16. The molecule has 6 nitrogen and oxygen atoms in total. The fourth-order valence-corrected chi connectivity index (χ4v) is 3.80. The number of hydrogen-bond acceptors (Lipinski definition) is 6. The standard InChI is InChI=1S/C22H19N3O3S/c1-15(26)28-12-11-17-13-23-21-20(14-24-25(21)22(17)27)16-7-9-19(10-8-16)29-18-5-3-2-4-6-18/h2-10,13-14,27H,11-12H2,1H3. The minimum absolute atomic E-state index is 0.00431. The largest absolute Gasteiger partial charge is 0.493 e. The van der Waals surface area contributed by atoms with Crippen molar-refractivity contribution in [2.75, 3.05) is 6.61 Å². The normalized spacial score (nSPS) is 10.9. The summed E-state index contributed by atoms with van der Waals surface area (Å²) in [5.41, 5.74) is 2.95. The van der Waals surface area contributed by atoms with Crippen molar-refractivity contribution in [3.8, 4) is 17.0 Å². The van der Waals surface area contributed by atoms with Crippen LogP contribution in [0.25, 0.3) is 16.8 Å². The van der Waals surface area contributed by atoms with Crippen LogP contribution in [0.1, 0.15) is 12.5 Å². The van der Waals surface area contributed by atoms with Crippen LogP contribution < -0.4 is 0 Å². The number of benzene rings is 2. The van der Waals surface area contributed by atoms with E-state index in [0.29, 0.717) is 17.6 Å². The van der Waals surface area contributed by atoms with E-state index in [1.165, 1.54) is 16.3 Å². The number of aromatic nitrogens is 3. The summed E-state index contributed by atoms with van der Waals surface area (Å²) >= 11 is 1.70. The second kappa shape index (κ2) is 8.36. The predicted octanol–water partition coefficient (Wildman–Crippen LogP) is 4.36. The second-order valence-corrected chi connectivity index (χ2v) is 7.58. The second-order valence-electron chi connectivity index (χ2n) is 6.43. The molecule has 29 heavy (non-hydrogen) atoms. The van der Waals surface area contributed by atoms with Gasteiger partial charge in [0.25, 0.3) is 0 Å². The van der Waals surface area contributed by atoms with Crippen molar-refractivity contribution in [3.05, 3.63) is 72.6 Å². The minimum Gasteiger partial charge on any atom is -0.493 e. The molecule has 0 fully saturated rings. The van der Waals surface area contributed by atoms with E-state index < -0.39 is 0 Å². The maximum atomic E-state index is 10.9. The highest BCUT2D eigenvalue weighted by Gasteiger charge is 2.14. The molecule has 0 aliphatic carbocycles. The maximum absolute atomic E-state index is 10.9. The van der Waals surface area contributed by atoms with Crippen LogP contribution in [0.3, 0.4) is 0 Å². The molecule has 4 rings (SSSR count). The molecule has 0 amide bonds. The molecule has 1 N–H and O–H groups in total. The van der Waals surface area contributed by atoms with Crippen molar-refractivity contribution in [2.24, 2.45) is 0 Å². The summed E-state index contributed by atoms with van der Waals surface area (Å²) in [5, 5.41) is 14.8. The zero-order valence-electron chi connectivity index (χ0n) is 15.8. The highest BCUT2D eigenvalue weighted by atomic mass is 32.2. The monoisotopic (exact) mass is 405 g/mol. The lowest BCUT2D eigenvalue weighted by molar-refractivity contribution is -0.140. The van der Waals surface area contributed by atoms with E-state index in [2.05, 4.69) is 34.3 Å². The van der Waals surface area contributed by atoms with E-state index in [0.717, 1.165) is 16.0 Å². The van der Waals surface area contributed by atoms with Crippen LogP contribution in [0.2, 0.25) is 0 Å². The lowest BCUT2D eigenvalue weighted by Crippen LogP contribution is -2.05. The molecule has 7 heteroatoms. The first kappa shape index (κ1) is 19.0. The number of nitrogens with zero attached hydrogens (tertiary/aromatic N) is 3. The molecular weight excluding hydrogens is 386 g/mol. The summed E-state index contributed by atoms with van der Waals surface area (Å²) in [6.45, 7) is 1.54. The smallest absolute Gasteiger partial charge is 0.302 e. The predicted molar refractivity (Wildman–Crippen MR) is 111 cm³/mol. The van der Waals surface area contributed by atoms with Crippen molar-refractivity contribution in [1.29, 1.82) is 0 Å². The molecule has 0 unspecified atom stereocenters. The Morgan fingerprint density at radius 3 is 2.52 bits per heavy atom. The number of fused-ring (bicyclic) bond motifs is 1. The zero-order chi connectivity index (χ0) is 20.2. The van der Waals surface area contributed by atoms with Crippen molar-refractivity contribution in [2.45, 2.75) is 23.1 Å². The molecule has 2 aromatic heterocycles. The summed E-state index contributed by atoms with van der Waals surface area (Å²) < 4.78 is 6.34. The summed E-state index contributed by atoms with van der Waals surface area (Å²) in [7, 11) is 0. The van der Waals surface area contributed by atoms with Crippen LogP contribution >= 0.6 is 11.8 Å². The van der Waals surface area contributed by atoms with Gasteiger partial charge in [0, 0.05) is 40.5 Å². The molecule has 0 atom stereocenters. The van der Waals surface area contributed by atoms with E-state index in [4.69, 9.17) is 4.74 Å². The SMILES string of the molecule is CC(=O)OCCc1cnc2c(-c3ccc(Sc4ccccc4)cc3)cnn2c1O. The highest BCUT2D eigenvalue weighted by molar-refractivity contribution is 7.99. The Labute approximate surface area is 172 Å². The average molecular weight is 405 g/mol. The topological polar surface area (TPSA) is 76.7 Å². The first-order chi connectivity index (χ1) is 14.1. The summed E-state index contributed by atoms with van der Waals surface area (Å²) in [6.07, 6.45) is 3.66. The molecule has 2 heterocycles. The van der Waals surface area contributed by atoms with Gasteiger partial charge in [0.2, 0.25) is 5.88 Å². The number of carbonyl (C=O) groups excluding carboxylic acids is 1. The first-order valence-corrected chi connectivity index (χ1v) is 9.95. The third-order valence-corrected chi connectivity index (χ3v) is 5.41. The summed E-state index contributed by atoms with van der Waals surface area (Å²) in [4.78, 5) is 17.7. The molecular formula is C22H19N3O3S. The Kier molecular flexibility index (Phi) is 5.48. The number of rotatable bonds is 6. The van der Waals surface area contributed by atoms with Gasteiger partial charge in [-0.3, -0.25) is 4.79 Å². The van der Waals surface area contributed by atoms with E-state index in [1.54, 1.807) is 24.2 Å². The van der Waals surface area contributed by atoms with E-state index in [-0.39, 0.29) is 18.5 Å². The first-order valence-electron chi connectivity index (χ1n) is 9.13. The Balaban J connectivity index is 1.56. The number of carbonyl (C=O) groups is 1. The van der Waals surface area contributed by atoms with Gasteiger partial charge in [-0.1, -0.05) is 42.1 Å². The Morgan fingerprint density at radius 2 is 1.79 bits per heavy atom. The summed E-state index contributed by atoms with van der Waals surface area (Å²) in [6, 6.07) is 18.4. The number of aromatic hydroxyl groups is 1. The lowest BCUT2D eigenvalue weighted by atomic mass is 10.1. The van der Waals surface area contributed by atoms with Crippen molar-refractivity contribution in [3.63, 3.8) is 0 Å². The van der Waals surface area contributed by atoms with Crippen LogP contribution in [0.4, 0.5) is 0 Å². The van der Waals surface area contributed by atoms with Gasteiger partial charge < -0.3 is 9.84 Å². The van der Waals surface area contributed by atoms with Crippen LogP contribution in [0.15, 0.2) is 76.8 Å². The van der Waals surface area contributed by atoms with Gasteiger partial charge in [-0.05, 0) is 29.8 Å². The quantitative estimate of drug-likeness (QED) is 0.481. The van der Waals surface area contributed by atoms with E-state index in [1.807, 2.05) is 30.3 Å². The molecule has 0 saturated heterocycles. The third-order valence-electron chi connectivity index (χ3n) is 4.40. The van der Waals surface area contributed by atoms with Crippen LogP contribution in [-0.4, -0.2) is 32.3 Å². The molecule has 0 spiro atoms. The minimum atomic E-state index is -0.353. The van der Waals surface area contributed by atoms with Crippen LogP contribution in [0.5, 0.6) is 5.88 Å².